The van der Waals surface area contributed by atoms with Gasteiger partial charge >= 0.3 is 0 Å². The van der Waals surface area contributed by atoms with Crippen LogP contribution in [0.25, 0.3) is 0 Å². The maximum atomic E-state index is 5.88. The molecule has 4 aliphatic rings. The molecule has 0 aromatic carbocycles. The molecule has 4 fully saturated rings. The molecule has 1 aromatic heterocycles. The van der Waals surface area contributed by atoms with Crippen molar-refractivity contribution in [3.63, 3.8) is 0 Å². The third kappa shape index (κ3) is 2.64. The number of nitrogens with zero attached hydrogens (tertiary/aromatic N) is 2. The molecule has 0 amide bonds. The van der Waals surface area contributed by atoms with Gasteiger partial charge in [-0.2, -0.15) is 5.10 Å². The number of hydrogen-bond acceptors (Lipinski definition) is 3. The lowest BCUT2D eigenvalue weighted by Gasteiger charge is -2.57. The highest BCUT2D eigenvalue weighted by atomic mass is 15.2. The number of aromatic nitrogens is 2. The van der Waals surface area contributed by atoms with Crippen molar-refractivity contribution in [3.8, 4) is 0 Å². The monoisotopic (exact) mass is 288 g/mol. The average molecular weight is 288 g/mol. The first-order valence-corrected chi connectivity index (χ1v) is 8.58. The first-order chi connectivity index (χ1) is 10.1. The van der Waals surface area contributed by atoms with Gasteiger partial charge in [0.2, 0.25) is 0 Å². The van der Waals surface area contributed by atoms with Gasteiger partial charge in [-0.05, 0) is 80.1 Å². The Kier molecular flexibility index (Phi) is 3.34. The van der Waals surface area contributed by atoms with E-state index in [2.05, 4.69) is 16.7 Å². The molecule has 4 nitrogen and oxygen atoms in total. The van der Waals surface area contributed by atoms with Gasteiger partial charge in [0, 0.05) is 19.3 Å². The fourth-order valence-corrected chi connectivity index (χ4v) is 6.11. The van der Waals surface area contributed by atoms with Crippen LogP contribution in [0, 0.1) is 23.2 Å². The SMILES string of the molecule is Cn1cc(CC(CC23CC4CC(CC(C4)C2)C3)NN)cn1. The van der Waals surface area contributed by atoms with Crippen LogP contribution < -0.4 is 11.3 Å². The molecular weight excluding hydrogens is 260 g/mol. The number of hydrazine groups is 1. The van der Waals surface area contributed by atoms with E-state index in [1.165, 1.54) is 50.5 Å². The van der Waals surface area contributed by atoms with Crippen LogP contribution in [0.4, 0.5) is 0 Å². The van der Waals surface area contributed by atoms with Gasteiger partial charge in [-0.25, -0.2) is 0 Å². The lowest BCUT2D eigenvalue weighted by molar-refractivity contribution is -0.0620. The van der Waals surface area contributed by atoms with E-state index in [1.807, 2.05) is 17.9 Å². The van der Waals surface area contributed by atoms with E-state index in [0.717, 1.165) is 24.2 Å². The van der Waals surface area contributed by atoms with Crippen molar-refractivity contribution in [2.24, 2.45) is 36.1 Å². The predicted molar refractivity (Wildman–Crippen MR) is 83.2 cm³/mol. The fraction of sp³-hybridized carbons (Fsp3) is 0.824. The van der Waals surface area contributed by atoms with Gasteiger partial charge in [0.25, 0.3) is 0 Å². The molecule has 4 saturated carbocycles. The number of nitrogens with one attached hydrogen (secondary N) is 1. The fourth-order valence-electron chi connectivity index (χ4n) is 6.11. The second-order valence-electron chi connectivity index (χ2n) is 8.21. The summed E-state index contributed by atoms with van der Waals surface area (Å²) in [6, 6.07) is 0.394. The van der Waals surface area contributed by atoms with Crippen LogP contribution in [0.2, 0.25) is 0 Å². The minimum atomic E-state index is 0.394. The molecule has 0 aliphatic heterocycles. The van der Waals surface area contributed by atoms with Crippen molar-refractivity contribution in [2.75, 3.05) is 0 Å². The second-order valence-corrected chi connectivity index (χ2v) is 8.21. The summed E-state index contributed by atoms with van der Waals surface area (Å²) in [6.45, 7) is 0. The Bertz CT molecular complexity index is 471. The van der Waals surface area contributed by atoms with E-state index < -0.39 is 0 Å². The summed E-state index contributed by atoms with van der Waals surface area (Å²) in [5, 5.41) is 4.28. The van der Waals surface area contributed by atoms with Gasteiger partial charge in [-0.15, -0.1) is 0 Å². The standard InChI is InChI=1S/C17H28N4/c1-21-11-15(10-19-21)5-16(20-18)9-17-6-12-2-13(7-17)4-14(3-12)8-17/h10-14,16,20H,2-9,18H2,1H3. The topological polar surface area (TPSA) is 55.9 Å². The summed E-state index contributed by atoms with van der Waals surface area (Å²) in [7, 11) is 1.98. The molecule has 0 saturated heterocycles. The second kappa shape index (κ2) is 5.10. The Morgan fingerprint density at radius 3 is 2.38 bits per heavy atom. The minimum absolute atomic E-state index is 0.394. The molecule has 1 atom stereocenters. The van der Waals surface area contributed by atoms with Gasteiger partial charge in [-0.3, -0.25) is 16.0 Å². The largest absolute Gasteiger partial charge is 0.276 e. The molecule has 116 valence electrons. The van der Waals surface area contributed by atoms with Crippen LogP contribution in [-0.4, -0.2) is 15.8 Å². The van der Waals surface area contributed by atoms with E-state index >= 15 is 0 Å². The van der Waals surface area contributed by atoms with Crippen LogP contribution in [0.5, 0.6) is 0 Å². The maximum Gasteiger partial charge on any atom is 0.0522 e. The van der Waals surface area contributed by atoms with Gasteiger partial charge in [-0.1, -0.05) is 0 Å². The lowest BCUT2D eigenvalue weighted by Crippen LogP contribution is -2.50. The molecule has 0 spiro atoms. The summed E-state index contributed by atoms with van der Waals surface area (Å²) in [6.07, 6.45) is 15.3. The van der Waals surface area contributed by atoms with Gasteiger partial charge < -0.3 is 0 Å². The zero-order valence-corrected chi connectivity index (χ0v) is 13.1. The van der Waals surface area contributed by atoms with Crippen LogP contribution in [0.3, 0.4) is 0 Å². The molecule has 1 heterocycles. The highest BCUT2D eigenvalue weighted by molar-refractivity contribution is 5.08. The maximum absolute atomic E-state index is 5.88. The van der Waals surface area contributed by atoms with Crippen LogP contribution in [-0.2, 0) is 13.5 Å². The summed E-state index contributed by atoms with van der Waals surface area (Å²) in [5.41, 5.74) is 4.99. The van der Waals surface area contributed by atoms with Crippen molar-refractivity contribution in [2.45, 2.75) is 57.4 Å². The summed E-state index contributed by atoms with van der Waals surface area (Å²) < 4.78 is 1.88. The van der Waals surface area contributed by atoms with Crippen molar-refractivity contribution in [1.29, 1.82) is 0 Å². The van der Waals surface area contributed by atoms with Crippen molar-refractivity contribution in [1.82, 2.24) is 15.2 Å². The van der Waals surface area contributed by atoms with Gasteiger partial charge in [0.1, 0.15) is 0 Å². The van der Waals surface area contributed by atoms with Gasteiger partial charge in [0.15, 0.2) is 0 Å². The molecule has 4 bridgehead atoms. The van der Waals surface area contributed by atoms with Crippen LogP contribution in [0.15, 0.2) is 12.4 Å². The molecule has 4 aliphatic carbocycles. The highest BCUT2D eigenvalue weighted by Gasteiger charge is 2.51. The van der Waals surface area contributed by atoms with E-state index in [9.17, 15) is 0 Å². The summed E-state index contributed by atoms with van der Waals surface area (Å²) in [5.74, 6) is 8.94. The van der Waals surface area contributed by atoms with E-state index in [-0.39, 0.29) is 0 Å². The van der Waals surface area contributed by atoms with Crippen LogP contribution >= 0.6 is 0 Å². The van der Waals surface area contributed by atoms with E-state index in [1.54, 1.807) is 0 Å². The zero-order valence-electron chi connectivity index (χ0n) is 13.1. The number of hydrogen-bond donors (Lipinski definition) is 2. The van der Waals surface area contributed by atoms with Gasteiger partial charge in [0.05, 0.1) is 6.20 Å². The summed E-state index contributed by atoms with van der Waals surface area (Å²) in [4.78, 5) is 0. The molecule has 4 heteroatoms. The molecule has 1 unspecified atom stereocenters. The first kappa shape index (κ1) is 13.8. The Hall–Kier alpha value is -0.870. The molecule has 21 heavy (non-hydrogen) atoms. The average Bonchev–Trinajstić information content (AvgIpc) is 2.81. The first-order valence-electron chi connectivity index (χ1n) is 8.58. The number of rotatable bonds is 5. The van der Waals surface area contributed by atoms with Crippen LogP contribution in [0.1, 0.15) is 50.5 Å². The molecule has 0 radical (unpaired) electrons. The van der Waals surface area contributed by atoms with Crippen molar-refractivity contribution in [3.05, 3.63) is 18.0 Å². The number of aryl methyl sites for hydroxylation is 1. The quantitative estimate of drug-likeness (QED) is 0.646. The van der Waals surface area contributed by atoms with E-state index in [4.69, 9.17) is 5.84 Å². The number of nitrogens with two attached hydrogens (primary N) is 1. The normalized spacial score (nSPS) is 38.9. The zero-order chi connectivity index (χ0) is 14.4. The lowest BCUT2D eigenvalue weighted by atomic mass is 9.48. The van der Waals surface area contributed by atoms with Crippen molar-refractivity contribution >= 4 is 0 Å². The molecule has 5 rings (SSSR count). The third-order valence-corrected chi connectivity index (χ3v) is 6.32. The van der Waals surface area contributed by atoms with E-state index in [0.29, 0.717) is 11.5 Å². The Morgan fingerprint density at radius 1 is 1.29 bits per heavy atom. The Labute approximate surface area is 127 Å². The molecule has 3 N–H and O–H groups in total. The highest BCUT2D eigenvalue weighted by Crippen LogP contribution is 2.61. The smallest absolute Gasteiger partial charge is 0.0522 e. The van der Waals surface area contributed by atoms with Crippen molar-refractivity contribution < 1.29 is 0 Å². The molecule has 1 aromatic rings. The minimum Gasteiger partial charge on any atom is -0.276 e. The summed E-state index contributed by atoms with van der Waals surface area (Å²) >= 11 is 0. The predicted octanol–water partition coefficient (Wildman–Crippen LogP) is 2.40. The third-order valence-electron chi connectivity index (χ3n) is 6.32. The molecular formula is C17H28N4. The Morgan fingerprint density at radius 2 is 1.90 bits per heavy atom. The Balaban J connectivity index is 1.46.